The molecule has 3 aromatic rings. The minimum Gasteiger partial charge on any atom is -0.375 e. The molecule has 1 saturated carbocycles. The van der Waals surface area contributed by atoms with Gasteiger partial charge in [-0.1, -0.05) is 67.4 Å². The highest BCUT2D eigenvalue weighted by Crippen LogP contribution is 2.36. The number of rotatable bonds is 13. The van der Waals surface area contributed by atoms with Crippen LogP contribution in [0, 0.1) is 11.7 Å². The lowest BCUT2D eigenvalue weighted by Crippen LogP contribution is -2.66. The highest BCUT2D eigenvalue weighted by Gasteiger charge is 2.45. The molecule has 3 unspecified atom stereocenters. The number of carbonyl (C=O) groups is 4. The maximum absolute atomic E-state index is 14.4. The van der Waals surface area contributed by atoms with E-state index >= 15 is 0 Å². The zero-order chi connectivity index (χ0) is 32.8. The molecule has 46 heavy (non-hydrogen) atoms. The first kappa shape index (κ1) is 33.1. The number of nitrogens with zero attached hydrogens (tertiary/aromatic N) is 2. The number of ether oxygens (including phenoxy) is 1. The van der Waals surface area contributed by atoms with E-state index in [1.54, 1.807) is 21.9 Å². The predicted octanol–water partition coefficient (Wildman–Crippen LogP) is 3.63. The average Bonchev–Trinajstić information content (AvgIpc) is 3.85. The maximum atomic E-state index is 14.4. The van der Waals surface area contributed by atoms with Gasteiger partial charge in [0.1, 0.15) is 30.5 Å². The van der Waals surface area contributed by atoms with E-state index in [4.69, 9.17) is 4.74 Å². The first-order valence-electron chi connectivity index (χ1n) is 16.0. The van der Waals surface area contributed by atoms with E-state index in [1.165, 1.54) is 19.2 Å². The number of carbonyl (C=O) groups excluding carboxylic acids is 4. The van der Waals surface area contributed by atoms with Crippen LogP contribution in [0.4, 0.5) is 4.39 Å². The van der Waals surface area contributed by atoms with Crippen molar-refractivity contribution in [3.8, 4) is 0 Å². The molecule has 3 atom stereocenters. The van der Waals surface area contributed by atoms with Crippen LogP contribution in [0.3, 0.4) is 0 Å². The Morgan fingerprint density at radius 3 is 2.28 bits per heavy atom. The second kappa shape index (κ2) is 14.9. The zero-order valence-corrected chi connectivity index (χ0v) is 26.7. The molecule has 4 amide bonds. The van der Waals surface area contributed by atoms with Gasteiger partial charge in [-0.3, -0.25) is 19.2 Å². The fraction of sp³-hybridized carbons (Fsp3) is 0.444. The van der Waals surface area contributed by atoms with Gasteiger partial charge >= 0.3 is 0 Å². The van der Waals surface area contributed by atoms with Crippen molar-refractivity contribution < 1.29 is 28.3 Å². The molecule has 2 N–H and O–H groups in total. The van der Waals surface area contributed by atoms with Gasteiger partial charge in [0.2, 0.25) is 23.6 Å². The van der Waals surface area contributed by atoms with E-state index in [0.717, 1.165) is 29.2 Å². The van der Waals surface area contributed by atoms with Gasteiger partial charge in [0.05, 0.1) is 0 Å². The number of methoxy groups -OCH3 is 1. The van der Waals surface area contributed by atoms with Gasteiger partial charge in [-0.15, -0.1) is 0 Å². The Kier molecular flexibility index (Phi) is 10.7. The van der Waals surface area contributed by atoms with Crippen molar-refractivity contribution in [2.45, 2.75) is 70.1 Å². The van der Waals surface area contributed by atoms with E-state index in [1.807, 2.05) is 50.2 Å². The largest absolute Gasteiger partial charge is 0.375 e. The number of benzene rings is 3. The quantitative estimate of drug-likeness (QED) is 0.300. The molecule has 0 bridgehead atoms. The van der Waals surface area contributed by atoms with Crippen LogP contribution in [0.15, 0.2) is 66.7 Å². The number of nitrogens with one attached hydrogen (secondary N) is 2. The van der Waals surface area contributed by atoms with Crippen molar-refractivity contribution in [2.24, 2.45) is 5.92 Å². The zero-order valence-electron chi connectivity index (χ0n) is 26.7. The first-order chi connectivity index (χ1) is 22.1. The molecule has 5 rings (SSSR count). The Morgan fingerprint density at radius 2 is 1.61 bits per heavy atom. The van der Waals surface area contributed by atoms with Gasteiger partial charge in [0.25, 0.3) is 0 Å². The number of amides is 4. The van der Waals surface area contributed by atoms with Gasteiger partial charge in [-0.25, -0.2) is 4.39 Å². The van der Waals surface area contributed by atoms with Gasteiger partial charge < -0.3 is 25.2 Å². The topological polar surface area (TPSA) is 108 Å². The Balaban J connectivity index is 1.41. The van der Waals surface area contributed by atoms with Crippen molar-refractivity contribution in [3.05, 3.63) is 83.7 Å². The lowest BCUT2D eigenvalue weighted by atomic mass is 9.96. The highest BCUT2D eigenvalue weighted by molar-refractivity contribution is 5.96. The van der Waals surface area contributed by atoms with Crippen LogP contribution in [-0.4, -0.2) is 84.4 Å². The molecule has 0 radical (unpaired) electrons. The summed E-state index contributed by atoms with van der Waals surface area (Å²) in [6, 6.07) is 17.2. The van der Waals surface area contributed by atoms with Gasteiger partial charge in [-0.2, -0.15) is 0 Å². The Morgan fingerprint density at radius 1 is 0.913 bits per heavy atom. The van der Waals surface area contributed by atoms with Crippen LogP contribution in [0.1, 0.15) is 44.2 Å². The van der Waals surface area contributed by atoms with Crippen LogP contribution < -0.4 is 10.6 Å². The van der Waals surface area contributed by atoms with E-state index in [9.17, 15) is 23.6 Å². The molecular formula is C36H43FN4O5. The molecule has 10 heteroatoms. The molecule has 3 aromatic carbocycles. The summed E-state index contributed by atoms with van der Waals surface area (Å²) in [5.41, 5.74) is 1.61. The average molecular weight is 631 g/mol. The molecule has 1 aliphatic carbocycles. The van der Waals surface area contributed by atoms with E-state index in [0.29, 0.717) is 24.3 Å². The third kappa shape index (κ3) is 8.28. The lowest BCUT2D eigenvalue weighted by molar-refractivity contribution is -0.157. The van der Waals surface area contributed by atoms with Crippen molar-refractivity contribution >= 4 is 34.4 Å². The van der Waals surface area contributed by atoms with Gasteiger partial charge in [0, 0.05) is 39.1 Å². The van der Waals surface area contributed by atoms with Crippen LogP contribution in [-0.2, 0) is 36.8 Å². The summed E-state index contributed by atoms with van der Waals surface area (Å²) < 4.78 is 18.6. The summed E-state index contributed by atoms with van der Waals surface area (Å²) in [6.07, 6.45) is 2.90. The van der Waals surface area contributed by atoms with Crippen LogP contribution in [0.25, 0.3) is 10.8 Å². The fourth-order valence-electron chi connectivity index (χ4n) is 6.21. The molecule has 244 valence electrons. The predicted molar refractivity (Wildman–Crippen MR) is 173 cm³/mol. The summed E-state index contributed by atoms with van der Waals surface area (Å²) in [4.78, 5) is 58.0. The maximum Gasteiger partial charge on any atom is 0.246 e. The van der Waals surface area contributed by atoms with E-state index < -0.39 is 29.8 Å². The number of halogens is 1. The standard InChI is InChI=1S/C36H43FN4O5/c1-23(2)38-34(43)31(21-26-10-13-27-6-4-5-7-28(27)18-26)40-16-17-41(32(36(40)45)20-25-8-9-25)35(44)30(39-33(42)22-46-3)19-24-11-14-29(37)15-12-24/h4-7,10-15,18,23,25,30-32H,8-9,16-17,19-22H2,1-3H3,(H,38,43)(H,39,42). The molecule has 2 fully saturated rings. The highest BCUT2D eigenvalue weighted by atomic mass is 19.1. The van der Waals surface area contributed by atoms with E-state index in [-0.39, 0.29) is 49.9 Å². The lowest BCUT2D eigenvalue weighted by Gasteiger charge is -2.44. The number of hydrogen-bond donors (Lipinski definition) is 2. The molecule has 9 nitrogen and oxygen atoms in total. The smallest absolute Gasteiger partial charge is 0.246 e. The monoisotopic (exact) mass is 630 g/mol. The molecule has 1 heterocycles. The first-order valence-corrected chi connectivity index (χ1v) is 16.0. The third-order valence-corrected chi connectivity index (χ3v) is 8.68. The summed E-state index contributed by atoms with van der Waals surface area (Å²) in [7, 11) is 1.39. The number of hydrogen-bond acceptors (Lipinski definition) is 5. The fourth-order valence-corrected chi connectivity index (χ4v) is 6.21. The second-order valence-corrected chi connectivity index (χ2v) is 12.7. The summed E-state index contributed by atoms with van der Waals surface area (Å²) in [5, 5.41) is 7.92. The second-order valence-electron chi connectivity index (χ2n) is 12.7. The molecular weight excluding hydrogens is 587 g/mol. The molecule has 2 aliphatic rings. The molecule has 0 aromatic heterocycles. The Bertz CT molecular complexity index is 1560. The summed E-state index contributed by atoms with van der Waals surface area (Å²) >= 11 is 0. The number of fused-ring (bicyclic) bond motifs is 1. The van der Waals surface area contributed by atoms with Crippen LogP contribution in [0.5, 0.6) is 0 Å². The Hall–Kier alpha value is -4.31. The Labute approximate surface area is 269 Å². The molecule has 1 aliphatic heterocycles. The van der Waals surface area contributed by atoms with Crippen LogP contribution in [0.2, 0.25) is 0 Å². The summed E-state index contributed by atoms with van der Waals surface area (Å²) in [6.45, 7) is 3.93. The molecule has 0 spiro atoms. The normalized spacial score (nSPS) is 18.0. The molecule has 1 saturated heterocycles. The SMILES string of the molecule is COCC(=O)NC(Cc1ccc(F)cc1)C(=O)N1CCN(C(Cc2ccc3ccccc3c2)C(=O)NC(C)C)C(=O)C1CC1CC1. The van der Waals surface area contributed by atoms with Crippen molar-refractivity contribution in [2.75, 3.05) is 26.8 Å². The third-order valence-electron chi connectivity index (χ3n) is 8.68. The number of piperazine rings is 1. The van der Waals surface area contributed by atoms with Crippen molar-refractivity contribution in [3.63, 3.8) is 0 Å². The van der Waals surface area contributed by atoms with Gasteiger partial charge in [0.15, 0.2) is 0 Å². The van der Waals surface area contributed by atoms with Crippen molar-refractivity contribution in [1.29, 1.82) is 0 Å². The van der Waals surface area contributed by atoms with Crippen LogP contribution >= 0.6 is 0 Å². The minimum absolute atomic E-state index is 0.116. The van der Waals surface area contributed by atoms with Gasteiger partial charge in [-0.05, 0) is 60.2 Å². The summed E-state index contributed by atoms with van der Waals surface area (Å²) in [5.74, 6) is -1.44. The van der Waals surface area contributed by atoms with Crippen molar-refractivity contribution in [1.82, 2.24) is 20.4 Å². The minimum atomic E-state index is -0.980. The van der Waals surface area contributed by atoms with E-state index in [2.05, 4.69) is 16.7 Å².